The van der Waals surface area contributed by atoms with Crippen LogP contribution in [0.5, 0.6) is 0 Å². The predicted molar refractivity (Wildman–Crippen MR) is 105 cm³/mol. The lowest BCUT2D eigenvalue weighted by Gasteiger charge is -2.26. The number of benzene rings is 2. The second-order valence-corrected chi connectivity index (χ2v) is 8.42. The first-order valence-electron chi connectivity index (χ1n) is 9.00. The van der Waals surface area contributed by atoms with E-state index in [1.54, 1.807) is 12.1 Å². The molecule has 1 saturated heterocycles. The Kier molecular flexibility index (Phi) is 6.59. The maximum absolute atomic E-state index is 12.6. The van der Waals surface area contributed by atoms with E-state index in [1.165, 1.54) is 40.7 Å². The fraction of sp³-hybridized carbons (Fsp3) is 0.250. The summed E-state index contributed by atoms with van der Waals surface area (Å²) < 4.78 is 69.3. The van der Waals surface area contributed by atoms with E-state index in [4.69, 9.17) is 4.74 Å². The van der Waals surface area contributed by atoms with Crippen LogP contribution < -0.4 is 5.32 Å². The second-order valence-electron chi connectivity index (χ2n) is 6.48. The van der Waals surface area contributed by atoms with Crippen molar-refractivity contribution in [1.29, 1.82) is 0 Å². The largest absolute Gasteiger partial charge is 0.416 e. The van der Waals surface area contributed by atoms with Crippen LogP contribution in [-0.2, 0) is 25.7 Å². The molecule has 0 spiro atoms. The number of nitrogens with zero attached hydrogens (tertiary/aromatic N) is 1. The van der Waals surface area contributed by atoms with Crippen molar-refractivity contribution >= 4 is 27.7 Å². The molecule has 0 saturated carbocycles. The Morgan fingerprint density at radius 1 is 1.00 bits per heavy atom. The number of sulfonamides is 1. The smallest absolute Gasteiger partial charge is 0.379 e. The number of amides is 1. The normalized spacial score (nSPS) is 16.0. The van der Waals surface area contributed by atoms with E-state index in [1.807, 2.05) is 0 Å². The number of anilines is 1. The van der Waals surface area contributed by atoms with Gasteiger partial charge in [0.2, 0.25) is 15.9 Å². The van der Waals surface area contributed by atoms with Gasteiger partial charge < -0.3 is 10.1 Å². The average Bonchev–Trinajstić information content (AvgIpc) is 2.73. The summed E-state index contributed by atoms with van der Waals surface area (Å²) in [6.07, 6.45) is -1.75. The number of rotatable bonds is 5. The summed E-state index contributed by atoms with van der Waals surface area (Å²) in [7, 11) is -3.59. The molecule has 3 rings (SSSR count). The number of carbonyl (C=O) groups is 1. The SMILES string of the molecule is O=C(C=Cc1ccc(S(=O)(=O)N2CCOCC2)cc1)Nc1ccc(C(F)(F)F)cc1. The van der Waals surface area contributed by atoms with Gasteiger partial charge in [0.15, 0.2) is 0 Å². The Morgan fingerprint density at radius 2 is 1.60 bits per heavy atom. The molecule has 1 aliphatic heterocycles. The summed E-state index contributed by atoms with van der Waals surface area (Å²) >= 11 is 0. The molecule has 0 radical (unpaired) electrons. The van der Waals surface area contributed by atoms with Gasteiger partial charge in [-0.05, 0) is 48.0 Å². The summed E-state index contributed by atoms with van der Waals surface area (Å²) in [6, 6.07) is 10.1. The molecule has 2 aromatic carbocycles. The monoisotopic (exact) mass is 440 g/mol. The van der Waals surface area contributed by atoms with Crippen molar-refractivity contribution in [3.05, 3.63) is 65.7 Å². The summed E-state index contributed by atoms with van der Waals surface area (Å²) in [4.78, 5) is 12.1. The Labute approximate surface area is 172 Å². The quantitative estimate of drug-likeness (QED) is 0.724. The van der Waals surface area contributed by atoms with Gasteiger partial charge in [0.1, 0.15) is 0 Å². The molecular weight excluding hydrogens is 421 g/mol. The molecular formula is C20H19F3N2O4S. The molecule has 0 unspecified atom stereocenters. The minimum atomic E-state index is -4.44. The Balaban J connectivity index is 1.61. The summed E-state index contributed by atoms with van der Waals surface area (Å²) in [5, 5.41) is 2.46. The minimum Gasteiger partial charge on any atom is -0.379 e. The van der Waals surface area contributed by atoms with Crippen molar-refractivity contribution in [1.82, 2.24) is 4.31 Å². The highest BCUT2D eigenvalue weighted by Crippen LogP contribution is 2.29. The second kappa shape index (κ2) is 8.99. The minimum absolute atomic E-state index is 0.149. The summed E-state index contributed by atoms with van der Waals surface area (Å²) in [5.41, 5.74) is 0.0197. The van der Waals surface area contributed by atoms with Gasteiger partial charge in [0.05, 0.1) is 23.7 Å². The molecule has 1 heterocycles. The van der Waals surface area contributed by atoms with E-state index >= 15 is 0 Å². The van der Waals surface area contributed by atoms with Gasteiger partial charge in [-0.1, -0.05) is 12.1 Å². The Morgan fingerprint density at radius 3 is 2.17 bits per heavy atom. The number of nitrogens with one attached hydrogen (secondary N) is 1. The van der Waals surface area contributed by atoms with Gasteiger partial charge in [-0.15, -0.1) is 0 Å². The van der Waals surface area contributed by atoms with Gasteiger partial charge in [-0.2, -0.15) is 17.5 Å². The van der Waals surface area contributed by atoms with Crippen LogP contribution in [-0.4, -0.2) is 44.9 Å². The molecule has 0 atom stereocenters. The van der Waals surface area contributed by atoms with E-state index < -0.39 is 27.7 Å². The maximum Gasteiger partial charge on any atom is 0.416 e. The van der Waals surface area contributed by atoms with Crippen LogP contribution in [0.2, 0.25) is 0 Å². The van der Waals surface area contributed by atoms with Crippen LogP contribution in [0.25, 0.3) is 6.08 Å². The lowest BCUT2D eigenvalue weighted by molar-refractivity contribution is -0.137. The Hall–Kier alpha value is -2.69. The standard InChI is InChI=1S/C20H19F3N2O4S/c21-20(22,23)16-4-6-17(7-5-16)24-19(26)10-3-15-1-8-18(9-2-15)30(27,28)25-11-13-29-14-12-25/h1-10H,11-14H2,(H,24,26). The number of alkyl halides is 3. The molecule has 30 heavy (non-hydrogen) atoms. The highest BCUT2D eigenvalue weighted by molar-refractivity contribution is 7.89. The maximum atomic E-state index is 12.6. The van der Waals surface area contributed by atoms with Gasteiger partial charge in [-0.25, -0.2) is 8.42 Å². The first-order chi connectivity index (χ1) is 14.2. The van der Waals surface area contributed by atoms with E-state index in [0.29, 0.717) is 31.9 Å². The number of carbonyl (C=O) groups excluding carboxylic acids is 1. The topological polar surface area (TPSA) is 75.7 Å². The van der Waals surface area contributed by atoms with Crippen molar-refractivity contribution in [2.75, 3.05) is 31.6 Å². The Bertz CT molecular complexity index is 1010. The van der Waals surface area contributed by atoms with Crippen LogP contribution in [0.3, 0.4) is 0 Å². The molecule has 6 nitrogen and oxygen atoms in total. The fourth-order valence-corrected chi connectivity index (χ4v) is 4.19. The lowest BCUT2D eigenvalue weighted by Crippen LogP contribution is -2.40. The van der Waals surface area contributed by atoms with Gasteiger partial charge in [0.25, 0.3) is 0 Å². The zero-order chi connectivity index (χ0) is 21.8. The number of hydrogen-bond acceptors (Lipinski definition) is 4. The molecule has 0 bridgehead atoms. The molecule has 1 fully saturated rings. The third-order valence-corrected chi connectivity index (χ3v) is 6.31. The van der Waals surface area contributed by atoms with E-state index in [2.05, 4.69) is 5.32 Å². The highest BCUT2D eigenvalue weighted by atomic mass is 32.2. The van der Waals surface area contributed by atoms with Gasteiger partial charge >= 0.3 is 6.18 Å². The molecule has 10 heteroatoms. The van der Waals surface area contributed by atoms with Crippen LogP contribution in [0, 0.1) is 0 Å². The van der Waals surface area contributed by atoms with E-state index in [9.17, 15) is 26.4 Å². The lowest BCUT2D eigenvalue weighted by atomic mass is 10.2. The molecule has 1 N–H and O–H groups in total. The molecule has 0 aliphatic carbocycles. The molecule has 1 amide bonds. The van der Waals surface area contributed by atoms with Crippen LogP contribution >= 0.6 is 0 Å². The van der Waals surface area contributed by atoms with E-state index in [-0.39, 0.29) is 10.6 Å². The van der Waals surface area contributed by atoms with Crippen molar-refractivity contribution in [2.24, 2.45) is 0 Å². The van der Waals surface area contributed by atoms with Crippen molar-refractivity contribution < 1.29 is 31.1 Å². The van der Waals surface area contributed by atoms with Crippen LogP contribution in [0.15, 0.2) is 59.5 Å². The van der Waals surface area contributed by atoms with E-state index in [0.717, 1.165) is 12.1 Å². The van der Waals surface area contributed by atoms with Gasteiger partial charge in [-0.3, -0.25) is 4.79 Å². The fourth-order valence-electron chi connectivity index (χ4n) is 2.79. The molecule has 1 aliphatic rings. The summed E-state index contributed by atoms with van der Waals surface area (Å²) in [6.45, 7) is 1.31. The third kappa shape index (κ3) is 5.47. The molecule has 2 aromatic rings. The first kappa shape index (κ1) is 22.0. The first-order valence-corrected chi connectivity index (χ1v) is 10.4. The van der Waals surface area contributed by atoms with Crippen LogP contribution in [0.1, 0.15) is 11.1 Å². The third-order valence-electron chi connectivity index (χ3n) is 4.39. The zero-order valence-electron chi connectivity index (χ0n) is 15.7. The summed E-state index contributed by atoms with van der Waals surface area (Å²) in [5.74, 6) is -0.528. The van der Waals surface area contributed by atoms with Crippen LogP contribution in [0.4, 0.5) is 18.9 Å². The number of ether oxygens (including phenoxy) is 1. The van der Waals surface area contributed by atoms with Crippen molar-refractivity contribution in [3.8, 4) is 0 Å². The molecule has 160 valence electrons. The average molecular weight is 440 g/mol. The predicted octanol–water partition coefficient (Wildman–Crippen LogP) is 3.38. The van der Waals surface area contributed by atoms with Gasteiger partial charge in [0, 0.05) is 24.9 Å². The number of halogens is 3. The number of morpholine rings is 1. The highest BCUT2D eigenvalue weighted by Gasteiger charge is 2.30. The molecule has 0 aromatic heterocycles. The number of hydrogen-bond donors (Lipinski definition) is 1. The zero-order valence-corrected chi connectivity index (χ0v) is 16.5. The van der Waals surface area contributed by atoms with Crippen molar-refractivity contribution in [2.45, 2.75) is 11.1 Å². The van der Waals surface area contributed by atoms with Crippen molar-refractivity contribution in [3.63, 3.8) is 0 Å².